The van der Waals surface area contributed by atoms with E-state index in [0.29, 0.717) is 0 Å². The Morgan fingerprint density at radius 1 is 1.14 bits per heavy atom. The van der Waals surface area contributed by atoms with Crippen LogP contribution in [0.2, 0.25) is 0 Å². The molecule has 0 aliphatic heterocycles. The number of hydrogen-bond donors (Lipinski definition) is 1. The van der Waals surface area contributed by atoms with Crippen LogP contribution in [0.4, 0.5) is 0 Å². The molecule has 0 radical (unpaired) electrons. The first-order valence-corrected chi connectivity index (χ1v) is 8.30. The molecule has 0 spiro atoms. The van der Waals surface area contributed by atoms with Crippen LogP contribution in [-0.4, -0.2) is 10.1 Å². The second-order valence-corrected chi connectivity index (χ2v) is 7.31. The van der Waals surface area contributed by atoms with Crippen LogP contribution in [0.25, 0.3) is 10.9 Å². The maximum atomic E-state index is 3.58. The summed E-state index contributed by atoms with van der Waals surface area (Å²) < 4.78 is 2.33. The van der Waals surface area contributed by atoms with Crippen molar-refractivity contribution in [3.05, 3.63) is 58.4 Å². The van der Waals surface area contributed by atoms with E-state index in [1.54, 1.807) is 11.3 Å². The van der Waals surface area contributed by atoms with Gasteiger partial charge in [0.15, 0.2) is 0 Å². The molecule has 0 saturated heterocycles. The molecule has 0 bridgehead atoms. The molecule has 1 aromatic carbocycles. The zero-order valence-corrected chi connectivity index (χ0v) is 13.7. The molecule has 3 aromatic rings. The van der Waals surface area contributed by atoms with Gasteiger partial charge in [0, 0.05) is 35.7 Å². The molecule has 0 amide bonds. The molecule has 0 aliphatic rings. The van der Waals surface area contributed by atoms with E-state index in [1.165, 1.54) is 22.0 Å². The summed E-state index contributed by atoms with van der Waals surface area (Å²) in [5.74, 6) is 0. The summed E-state index contributed by atoms with van der Waals surface area (Å²) >= 11 is 1.76. The summed E-state index contributed by atoms with van der Waals surface area (Å²) in [6.45, 7) is 8.46. The van der Waals surface area contributed by atoms with Crippen molar-refractivity contribution in [3.63, 3.8) is 0 Å². The van der Waals surface area contributed by atoms with Crippen molar-refractivity contribution in [3.8, 4) is 0 Å². The van der Waals surface area contributed by atoms with Crippen LogP contribution in [0.1, 0.15) is 31.9 Å². The van der Waals surface area contributed by atoms with E-state index in [-0.39, 0.29) is 5.54 Å². The molecule has 0 atom stereocenters. The van der Waals surface area contributed by atoms with Gasteiger partial charge in [0.1, 0.15) is 0 Å². The molecule has 110 valence electrons. The van der Waals surface area contributed by atoms with Gasteiger partial charge in [0.25, 0.3) is 0 Å². The predicted molar refractivity (Wildman–Crippen MR) is 92.0 cm³/mol. The van der Waals surface area contributed by atoms with Crippen LogP contribution in [0.15, 0.2) is 47.3 Å². The monoisotopic (exact) mass is 298 g/mol. The summed E-state index contributed by atoms with van der Waals surface area (Å²) in [6, 6.07) is 11.0. The number of hydrogen-bond acceptors (Lipinski definition) is 2. The first-order chi connectivity index (χ1) is 10.0. The lowest BCUT2D eigenvalue weighted by Crippen LogP contribution is -2.35. The average molecular weight is 298 g/mol. The Labute approximate surface area is 130 Å². The van der Waals surface area contributed by atoms with Crippen LogP contribution in [0, 0.1) is 0 Å². The van der Waals surface area contributed by atoms with Crippen molar-refractivity contribution < 1.29 is 0 Å². The highest BCUT2D eigenvalue weighted by Gasteiger charge is 2.11. The maximum absolute atomic E-state index is 3.58. The number of nitrogens with zero attached hydrogens (tertiary/aromatic N) is 1. The van der Waals surface area contributed by atoms with E-state index in [9.17, 15) is 0 Å². The van der Waals surface area contributed by atoms with E-state index in [4.69, 9.17) is 0 Å². The maximum Gasteiger partial charge on any atom is 0.0486 e. The SMILES string of the molecule is CC(C)(C)NCc1cccc2c1ccn2Cc1ccsc1. The zero-order valence-electron chi connectivity index (χ0n) is 12.9. The molecule has 2 aromatic heterocycles. The van der Waals surface area contributed by atoms with Crippen LogP contribution in [0.5, 0.6) is 0 Å². The fourth-order valence-electron chi connectivity index (χ4n) is 2.52. The average Bonchev–Trinajstić information content (AvgIpc) is 3.06. The number of aromatic nitrogens is 1. The Balaban J connectivity index is 1.89. The van der Waals surface area contributed by atoms with Crippen molar-refractivity contribution in [2.24, 2.45) is 0 Å². The highest BCUT2D eigenvalue weighted by Crippen LogP contribution is 2.22. The molecule has 3 rings (SSSR count). The highest BCUT2D eigenvalue weighted by molar-refractivity contribution is 7.07. The van der Waals surface area contributed by atoms with E-state index in [1.807, 2.05) is 0 Å². The number of thiophene rings is 1. The lowest BCUT2D eigenvalue weighted by molar-refractivity contribution is 0.425. The van der Waals surface area contributed by atoms with Crippen molar-refractivity contribution >= 4 is 22.2 Å². The van der Waals surface area contributed by atoms with Crippen molar-refractivity contribution in [1.82, 2.24) is 9.88 Å². The first kappa shape index (κ1) is 14.4. The van der Waals surface area contributed by atoms with Gasteiger partial charge in [-0.3, -0.25) is 0 Å². The molecular formula is C18H22N2S. The standard InChI is InChI=1S/C18H22N2S/c1-18(2,3)19-11-15-5-4-6-17-16(15)7-9-20(17)12-14-8-10-21-13-14/h4-10,13,19H,11-12H2,1-3H3. The van der Waals surface area contributed by atoms with Crippen LogP contribution >= 0.6 is 11.3 Å². The third-order valence-electron chi connectivity index (χ3n) is 3.65. The van der Waals surface area contributed by atoms with Gasteiger partial charge in [-0.15, -0.1) is 0 Å². The van der Waals surface area contributed by atoms with E-state index >= 15 is 0 Å². The Morgan fingerprint density at radius 2 is 2.00 bits per heavy atom. The van der Waals surface area contributed by atoms with Gasteiger partial charge in [0.2, 0.25) is 0 Å². The number of rotatable bonds is 4. The van der Waals surface area contributed by atoms with Gasteiger partial charge in [-0.1, -0.05) is 12.1 Å². The van der Waals surface area contributed by atoms with Crippen LogP contribution < -0.4 is 5.32 Å². The Morgan fingerprint density at radius 3 is 2.71 bits per heavy atom. The van der Waals surface area contributed by atoms with Gasteiger partial charge in [-0.25, -0.2) is 0 Å². The molecule has 2 heterocycles. The molecule has 0 aliphatic carbocycles. The van der Waals surface area contributed by atoms with Gasteiger partial charge in [-0.05, 0) is 60.9 Å². The lowest BCUT2D eigenvalue weighted by atomic mass is 10.1. The highest BCUT2D eigenvalue weighted by atomic mass is 32.1. The van der Waals surface area contributed by atoms with E-state index < -0.39 is 0 Å². The summed E-state index contributed by atoms with van der Waals surface area (Å²) in [7, 11) is 0. The lowest BCUT2D eigenvalue weighted by Gasteiger charge is -2.21. The third kappa shape index (κ3) is 3.36. The first-order valence-electron chi connectivity index (χ1n) is 7.36. The smallest absolute Gasteiger partial charge is 0.0486 e. The van der Waals surface area contributed by atoms with Crippen molar-refractivity contribution in [1.29, 1.82) is 0 Å². The molecule has 0 fully saturated rings. The summed E-state index contributed by atoms with van der Waals surface area (Å²) in [4.78, 5) is 0. The van der Waals surface area contributed by atoms with Crippen molar-refractivity contribution in [2.75, 3.05) is 0 Å². The molecule has 0 unspecified atom stereocenters. The second-order valence-electron chi connectivity index (χ2n) is 6.53. The minimum Gasteiger partial charge on any atom is -0.343 e. The second kappa shape index (κ2) is 5.66. The topological polar surface area (TPSA) is 17.0 Å². The van der Waals surface area contributed by atoms with Gasteiger partial charge < -0.3 is 9.88 Å². The van der Waals surface area contributed by atoms with Gasteiger partial charge in [-0.2, -0.15) is 11.3 Å². The van der Waals surface area contributed by atoms with E-state index in [0.717, 1.165) is 13.1 Å². The predicted octanol–water partition coefficient (Wildman–Crippen LogP) is 4.64. The molecule has 21 heavy (non-hydrogen) atoms. The molecular weight excluding hydrogens is 276 g/mol. The summed E-state index contributed by atoms with van der Waals surface area (Å²) in [5, 5.41) is 9.29. The van der Waals surface area contributed by atoms with Crippen LogP contribution in [-0.2, 0) is 13.1 Å². The zero-order chi connectivity index (χ0) is 14.9. The van der Waals surface area contributed by atoms with Crippen molar-refractivity contribution in [2.45, 2.75) is 39.4 Å². The summed E-state index contributed by atoms with van der Waals surface area (Å²) in [6.07, 6.45) is 2.20. The molecule has 0 saturated carbocycles. The number of benzene rings is 1. The molecule has 1 N–H and O–H groups in total. The van der Waals surface area contributed by atoms with Gasteiger partial charge in [0.05, 0.1) is 0 Å². The van der Waals surface area contributed by atoms with Gasteiger partial charge >= 0.3 is 0 Å². The number of fused-ring (bicyclic) bond motifs is 1. The Kier molecular flexibility index (Phi) is 3.87. The minimum atomic E-state index is 0.140. The molecule has 2 nitrogen and oxygen atoms in total. The van der Waals surface area contributed by atoms with E-state index in [2.05, 4.69) is 77.9 Å². The molecule has 3 heteroatoms. The quantitative estimate of drug-likeness (QED) is 0.742. The minimum absolute atomic E-state index is 0.140. The number of nitrogens with one attached hydrogen (secondary N) is 1. The fourth-order valence-corrected chi connectivity index (χ4v) is 3.18. The van der Waals surface area contributed by atoms with Crippen LogP contribution in [0.3, 0.4) is 0 Å². The Hall–Kier alpha value is -1.58. The summed E-state index contributed by atoms with van der Waals surface area (Å²) in [5.41, 5.74) is 4.19. The largest absolute Gasteiger partial charge is 0.343 e. The third-order valence-corrected chi connectivity index (χ3v) is 4.38. The normalized spacial score (nSPS) is 12.1. The Bertz CT molecular complexity index is 717. The fraction of sp³-hybridized carbons (Fsp3) is 0.333.